The molecule has 15 heteroatoms. The summed E-state index contributed by atoms with van der Waals surface area (Å²) in [5, 5.41) is 4.13. The Morgan fingerprint density at radius 3 is 1.62 bits per heavy atom. The highest BCUT2D eigenvalue weighted by Crippen LogP contribution is 2.50. The Morgan fingerprint density at radius 2 is 1.20 bits per heavy atom. The van der Waals surface area contributed by atoms with E-state index >= 15 is 0 Å². The third kappa shape index (κ3) is 6.69. The molecule has 0 bridgehead atoms. The lowest BCUT2D eigenvalue weighted by atomic mass is 9.79. The molecule has 0 N–H and O–H groups in total. The lowest BCUT2D eigenvalue weighted by Crippen LogP contribution is -2.57. The van der Waals surface area contributed by atoms with Crippen molar-refractivity contribution in [2.45, 2.75) is 63.4 Å². The van der Waals surface area contributed by atoms with Crippen LogP contribution in [0.15, 0.2) is 67.0 Å². The Balaban J connectivity index is 0.000000854. The van der Waals surface area contributed by atoms with Gasteiger partial charge in [0.25, 0.3) is 5.82 Å². The Bertz CT molecular complexity index is 1580. The van der Waals surface area contributed by atoms with Crippen molar-refractivity contribution in [1.82, 2.24) is 9.78 Å². The lowest BCUT2D eigenvalue weighted by molar-refractivity contribution is -0.730. The third-order valence-corrected chi connectivity index (χ3v) is 12.7. The van der Waals surface area contributed by atoms with Crippen molar-refractivity contribution in [3.05, 3.63) is 113 Å². The molecule has 4 aromatic rings. The molecule has 1 atom stereocenters. The number of benzene rings is 3. The van der Waals surface area contributed by atoms with Gasteiger partial charge in [0.2, 0.25) is 41.1 Å². The second-order valence-corrected chi connectivity index (χ2v) is 16.9. The van der Waals surface area contributed by atoms with Gasteiger partial charge in [0, 0.05) is 11.5 Å². The van der Waals surface area contributed by atoms with Crippen molar-refractivity contribution in [3.8, 4) is 5.69 Å². The van der Waals surface area contributed by atoms with Crippen LogP contribution in [0.4, 0.5) is 39.2 Å². The monoisotopic (exact) mass is 659 g/mol. The Labute approximate surface area is 255 Å². The number of fused-ring (bicyclic) bond motifs is 1. The van der Waals surface area contributed by atoms with Crippen LogP contribution in [0, 0.1) is 29.1 Å². The number of aromatic nitrogens is 3. The predicted molar refractivity (Wildman–Crippen MR) is 153 cm³/mol. The van der Waals surface area contributed by atoms with Crippen LogP contribution in [0.1, 0.15) is 50.2 Å². The molecule has 45 heavy (non-hydrogen) atoms. The van der Waals surface area contributed by atoms with E-state index in [2.05, 4.69) is 39.0 Å². The second kappa shape index (κ2) is 12.3. The molecular formula is C30H31BF9N3OSi. The van der Waals surface area contributed by atoms with Crippen molar-refractivity contribution in [1.29, 1.82) is 0 Å². The zero-order valence-electron chi connectivity index (χ0n) is 25.1. The molecule has 0 unspecified atom stereocenters. The van der Waals surface area contributed by atoms with E-state index in [0.29, 0.717) is 18.7 Å². The number of halogens is 9. The molecule has 3 aromatic carbocycles. The Morgan fingerprint density at radius 1 is 0.778 bits per heavy atom. The van der Waals surface area contributed by atoms with E-state index < -0.39 is 62.0 Å². The minimum Gasteiger partial charge on any atom is -0.418 e. The fourth-order valence-corrected chi connectivity index (χ4v) is 6.68. The Kier molecular flexibility index (Phi) is 9.38. The molecule has 0 aliphatic carbocycles. The molecule has 4 nitrogen and oxygen atoms in total. The highest BCUT2D eigenvalue weighted by molar-refractivity contribution is 6.74. The predicted octanol–water partition coefficient (Wildman–Crippen LogP) is 8.61. The first-order valence-corrected chi connectivity index (χ1v) is 16.9. The van der Waals surface area contributed by atoms with E-state index in [-0.39, 0.29) is 5.04 Å². The molecule has 5 rings (SSSR count). The van der Waals surface area contributed by atoms with Crippen LogP contribution in [-0.2, 0) is 16.4 Å². The van der Waals surface area contributed by atoms with Crippen molar-refractivity contribution in [3.63, 3.8) is 0 Å². The maximum atomic E-state index is 14.8. The van der Waals surface area contributed by atoms with Crippen LogP contribution in [0.2, 0.25) is 18.1 Å². The molecule has 0 spiro atoms. The summed E-state index contributed by atoms with van der Waals surface area (Å²) in [6.07, 6.45) is 2.30. The van der Waals surface area contributed by atoms with Crippen LogP contribution in [0.5, 0.6) is 0 Å². The summed E-state index contributed by atoms with van der Waals surface area (Å²) < 4.78 is 120. The summed E-state index contributed by atoms with van der Waals surface area (Å²) in [4.78, 5) is 0. The minimum absolute atomic E-state index is 0.159. The summed E-state index contributed by atoms with van der Waals surface area (Å²) in [7, 11) is -8.49. The van der Waals surface area contributed by atoms with Crippen LogP contribution in [-0.4, -0.2) is 25.4 Å². The largest absolute Gasteiger partial charge is 0.673 e. The quantitative estimate of drug-likeness (QED) is 0.0683. The summed E-state index contributed by atoms with van der Waals surface area (Å²) in [6, 6.07) is 19.1. The van der Waals surface area contributed by atoms with Crippen LogP contribution in [0.3, 0.4) is 0 Å². The van der Waals surface area contributed by atoms with Crippen LogP contribution in [0.25, 0.3) is 5.69 Å². The van der Waals surface area contributed by atoms with Gasteiger partial charge in [-0.2, -0.15) is 8.78 Å². The van der Waals surface area contributed by atoms with Gasteiger partial charge < -0.3 is 21.7 Å². The van der Waals surface area contributed by atoms with Gasteiger partial charge in [-0.05, 0) is 35.7 Å². The number of hydrogen-bond acceptors (Lipinski definition) is 2. The summed E-state index contributed by atoms with van der Waals surface area (Å²) in [5.74, 6) is -9.68. The van der Waals surface area contributed by atoms with Gasteiger partial charge in [-0.3, -0.25) is 0 Å². The van der Waals surface area contributed by atoms with Gasteiger partial charge in [0.05, 0.1) is 0 Å². The van der Waals surface area contributed by atoms with E-state index in [9.17, 15) is 39.2 Å². The maximum absolute atomic E-state index is 14.8. The van der Waals surface area contributed by atoms with Crippen molar-refractivity contribution in [2.24, 2.45) is 0 Å². The molecule has 0 saturated heterocycles. The third-order valence-electron chi connectivity index (χ3n) is 8.24. The molecule has 0 radical (unpaired) electrons. The van der Waals surface area contributed by atoms with Crippen molar-refractivity contribution in [2.75, 3.05) is 0 Å². The van der Waals surface area contributed by atoms with Gasteiger partial charge in [-0.15, -0.1) is 0 Å². The van der Waals surface area contributed by atoms with Gasteiger partial charge in [0.15, 0.2) is 8.32 Å². The highest BCUT2D eigenvalue weighted by atomic mass is 28.4. The molecule has 1 aliphatic rings. The van der Waals surface area contributed by atoms with E-state index in [1.54, 1.807) is 4.57 Å². The number of rotatable bonds is 6. The molecule has 0 saturated carbocycles. The molecule has 0 amide bonds. The summed E-state index contributed by atoms with van der Waals surface area (Å²) >= 11 is 0. The van der Waals surface area contributed by atoms with Gasteiger partial charge in [-0.1, -0.05) is 86.1 Å². The first-order chi connectivity index (χ1) is 20.8. The van der Waals surface area contributed by atoms with Crippen LogP contribution < -0.4 is 4.57 Å². The molecular weight excluding hydrogens is 628 g/mol. The average Bonchev–Trinajstić information content (AvgIpc) is 3.55. The number of nitrogens with zero attached hydrogens (tertiary/aromatic N) is 3. The SMILES string of the molecule is CC(C)(C)[Si](C)(C)OC(c1ccccc1)(c1ccccc1)[C@@H]1CCc2nn(-c3c(F)c(F)c(F)c(F)c3F)c[n+]21.F[B-](F)(F)F. The van der Waals surface area contributed by atoms with E-state index in [1.807, 2.05) is 60.7 Å². The highest BCUT2D eigenvalue weighted by Gasteiger charge is 2.55. The van der Waals surface area contributed by atoms with Crippen LogP contribution >= 0.6 is 0 Å². The number of aryl methyl sites for hydroxylation is 1. The second-order valence-electron chi connectivity index (χ2n) is 12.2. The zero-order chi connectivity index (χ0) is 33.5. The fraction of sp³-hybridized carbons (Fsp3) is 0.333. The van der Waals surface area contributed by atoms with Crippen molar-refractivity contribution < 1.29 is 48.2 Å². The molecule has 2 heterocycles. The topological polar surface area (TPSA) is 30.9 Å². The minimum atomic E-state index is -6.00. The first-order valence-electron chi connectivity index (χ1n) is 14.0. The number of hydrogen-bond donors (Lipinski definition) is 0. The van der Waals surface area contributed by atoms with Crippen molar-refractivity contribution >= 4 is 15.6 Å². The molecule has 1 aliphatic heterocycles. The zero-order valence-corrected chi connectivity index (χ0v) is 26.1. The molecule has 1 aromatic heterocycles. The first kappa shape index (κ1) is 34.3. The normalized spacial score (nSPS) is 15.5. The average molecular weight is 659 g/mol. The van der Waals surface area contributed by atoms with Gasteiger partial charge in [0.1, 0.15) is 11.6 Å². The van der Waals surface area contributed by atoms with Gasteiger partial charge >= 0.3 is 7.25 Å². The molecule has 0 fully saturated rings. The van der Waals surface area contributed by atoms with E-state index in [0.717, 1.165) is 15.8 Å². The fourth-order valence-electron chi connectivity index (χ4n) is 5.20. The van der Waals surface area contributed by atoms with E-state index in [4.69, 9.17) is 4.43 Å². The molecule has 242 valence electrons. The van der Waals surface area contributed by atoms with Gasteiger partial charge in [-0.25, -0.2) is 17.7 Å². The summed E-state index contributed by atoms with van der Waals surface area (Å²) in [5.41, 5.74) is -0.376. The Hall–Kier alpha value is -3.59. The summed E-state index contributed by atoms with van der Waals surface area (Å²) in [6.45, 7) is 10.8. The van der Waals surface area contributed by atoms with E-state index in [1.165, 1.54) is 6.33 Å². The lowest BCUT2D eigenvalue weighted by Gasteiger charge is -2.48. The maximum Gasteiger partial charge on any atom is 0.673 e. The standard InChI is InChI=1S/C30H31F5N3OSi.BF4/c1-29(2,3)40(4,5)39-30(19-12-8-6-9-13-19,20-14-10-7-11-15-20)21-16-17-22-36-38(18-37(21)22)28-26(34)24(32)23(31)25(33)27(28)35;2-1(3,4)5/h6-15,18,21H,16-17H2,1-5H3;/q+1;-1/t21-;/m0./s1. The smallest absolute Gasteiger partial charge is 0.418 e.